The van der Waals surface area contributed by atoms with Crippen molar-refractivity contribution in [1.29, 1.82) is 0 Å². The molecule has 218 valence electrons. The van der Waals surface area contributed by atoms with Crippen LogP contribution in [0.4, 0.5) is 11.4 Å². The molecule has 11 nitrogen and oxygen atoms in total. The maximum Gasteiger partial charge on any atom is 0.264 e. The molecule has 2 aliphatic rings. The van der Waals surface area contributed by atoms with E-state index in [2.05, 4.69) is 5.32 Å². The van der Waals surface area contributed by atoms with Crippen molar-refractivity contribution in [3.8, 4) is 17.2 Å². The molecule has 3 aromatic carbocycles. The summed E-state index contributed by atoms with van der Waals surface area (Å²) < 4.78 is 72.9. The molecule has 0 saturated carbocycles. The summed E-state index contributed by atoms with van der Waals surface area (Å²) in [7, 11) is -6.58. The van der Waals surface area contributed by atoms with Gasteiger partial charge in [0.05, 0.1) is 28.3 Å². The summed E-state index contributed by atoms with van der Waals surface area (Å²) in [4.78, 5) is 13.4. The highest BCUT2D eigenvalue weighted by Gasteiger charge is 2.30. The van der Waals surface area contributed by atoms with E-state index >= 15 is 0 Å². The summed E-state index contributed by atoms with van der Waals surface area (Å²) >= 11 is 0. The number of rotatable bonds is 9. The number of carbonyl (C=O) groups is 1. The van der Waals surface area contributed by atoms with E-state index in [4.69, 9.17) is 14.2 Å². The molecule has 3 aromatic rings. The van der Waals surface area contributed by atoms with Gasteiger partial charge in [0.1, 0.15) is 25.5 Å². The van der Waals surface area contributed by atoms with Crippen LogP contribution in [-0.2, 0) is 24.8 Å². The van der Waals surface area contributed by atoms with Crippen LogP contribution in [0.25, 0.3) is 0 Å². The number of hydrogen-bond donors (Lipinski definition) is 1. The Kier molecular flexibility index (Phi) is 8.38. The van der Waals surface area contributed by atoms with Crippen LogP contribution < -0.4 is 23.8 Å². The van der Waals surface area contributed by atoms with Crippen molar-refractivity contribution in [2.75, 3.05) is 49.6 Å². The van der Waals surface area contributed by atoms with Crippen LogP contribution in [-0.4, -0.2) is 67.0 Å². The molecule has 0 aliphatic carbocycles. The number of anilines is 2. The lowest BCUT2D eigenvalue weighted by Crippen LogP contribution is -2.38. The molecule has 0 aromatic heterocycles. The normalized spacial score (nSPS) is 15.6. The van der Waals surface area contributed by atoms with E-state index in [0.717, 1.165) is 23.6 Å². The third kappa shape index (κ3) is 6.11. The Labute approximate surface area is 239 Å². The number of methoxy groups -OCH3 is 1. The monoisotopic (exact) mass is 601 g/mol. The second-order valence-electron chi connectivity index (χ2n) is 9.53. The fourth-order valence-electron chi connectivity index (χ4n) is 4.74. The number of nitrogens with one attached hydrogen (secondary N) is 1. The Balaban J connectivity index is 1.46. The summed E-state index contributed by atoms with van der Waals surface area (Å²) in [5, 5.41) is 2.65. The molecule has 2 aliphatic heterocycles. The molecule has 1 saturated heterocycles. The topological polar surface area (TPSA) is 132 Å². The van der Waals surface area contributed by atoms with E-state index in [1.807, 2.05) is 0 Å². The molecular weight excluding hydrogens is 570 g/mol. The molecule has 13 heteroatoms. The van der Waals surface area contributed by atoms with Gasteiger partial charge in [-0.25, -0.2) is 16.8 Å². The van der Waals surface area contributed by atoms with Gasteiger partial charge in [0, 0.05) is 19.2 Å². The predicted octanol–water partition coefficient (Wildman–Crippen LogP) is 3.48. The summed E-state index contributed by atoms with van der Waals surface area (Å²) in [5.74, 6) is 0.357. The van der Waals surface area contributed by atoms with Crippen LogP contribution in [0.5, 0.6) is 17.2 Å². The Morgan fingerprint density at radius 3 is 2.29 bits per heavy atom. The molecule has 0 radical (unpaired) electrons. The number of carbonyl (C=O) groups excluding carboxylic acids is 1. The largest absolute Gasteiger partial charge is 0.495 e. The third-order valence-corrected chi connectivity index (χ3v) is 10.5. The molecule has 0 unspecified atom stereocenters. The van der Waals surface area contributed by atoms with Crippen LogP contribution in [0.3, 0.4) is 0 Å². The van der Waals surface area contributed by atoms with Gasteiger partial charge in [-0.2, -0.15) is 4.31 Å². The first kappa shape index (κ1) is 28.7. The van der Waals surface area contributed by atoms with Gasteiger partial charge in [0.2, 0.25) is 15.9 Å². The minimum atomic E-state index is -4.19. The second-order valence-corrected chi connectivity index (χ2v) is 13.3. The molecule has 0 spiro atoms. The van der Waals surface area contributed by atoms with Crippen molar-refractivity contribution in [2.24, 2.45) is 0 Å². The van der Waals surface area contributed by atoms with Gasteiger partial charge in [-0.15, -0.1) is 0 Å². The van der Waals surface area contributed by atoms with Crippen molar-refractivity contribution in [3.63, 3.8) is 0 Å². The second kappa shape index (κ2) is 12.0. The molecule has 1 N–H and O–H groups in total. The standard InChI is InChI=1S/C28H31N3O8S2/c1-37-25-13-11-23(40(33,34)30-14-6-3-7-15-30)19-24(25)29-28(32)20-31(41(35,36)22-8-4-2-5-9-22)21-10-12-26-27(18-21)39-17-16-38-26/h2,4-5,8-13,18-19H,3,6-7,14-17,20H2,1H3,(H,29,32). The number of ether oxygens (including phenoxy) is 3. The van der Waals surface area contributed by atoms with Crippen molar-refractivity contribution >= 4 is 37.3 Å². The minimum Gasteiger partial charge on any atom is -0.495 e. The zero-order valence-electron chi connectivity index (χ0n) is 22.5. The third-order valence-electron chi connectivity index (χ3n) is 6.83. The Bertz CT molecular complexity index is 1620. The van der Waals surface area contributed by atoms with Crippen molar-refractivity contribution in [2.45, 2.75) is 29.1 Å². The average molecular weight is 602 g/mol. The highest BCUT2D eigenvalue weighted by atomic mass is 32.2. The van der Waals surface area contributed by atoms with Crippen molar-refractivity contribution in [1.82, 2.24) is 4.31 Å². The molecule has 1 fully saturated rings. The quantitative estimate of drug-likeness (QED) is 0.395. The Morgan fingerprint density at radius 1 is 0.878 bits per heavy atom. The minimum absolute atomic E-state index is 0.00473. The first-order valence-electron chi connectivity index (χ1n) is 13.2. The SMILES string of the molecule is COc1ccc(S(=O)(=O)N2CCCCC2)cc1NC(=O)CN(c1ccc2c(c1)OCCO2)S(=O)(=O)c1ccccc1. The fraction of sp³-hybridized carbons (Fsp3) is 0.321. The number of nitrogens with zero attached hydrogens (tertiary/aromatic N) is 2. The van der Waals surface area contributed by atoms with E-state index in [9.17, 15) is 21.6 Å². The highest BCUT2D eigenvalue weighted by Crippen LogP contribution is 2.36. The number of hydrogen-bond acceptors (Lipinski definition) is 8. The van der Waals surface area contributed by atoms with Gasteiger partial charge >= 0.3 is 0 Å². The molecule has 41 heavy (non-hydrogen) atoms. The molecule has 0 atom stereocenters. The highest BCUT2D eigenvalue weighted by molar-refractivity contribution is 7.92. The lowest BCUT2D eigenvalue weighted by atomic mass is 10.2. The van der Waals surface area contributed by atoms with E-state index < -0.39 is 32.5 Å². The number of benzene rings is 3. The summed E-state index contributed by atoms with van der Waals surface area (Å²) in [5.41, 5.74) is 0.302. The van der Waals surface area contributed by atoms with Crippen LogP contribution in [0.15, 0.2) is 76.5 Å². The first-order chi connectivity index (χ1) is 19.7. The van der Waals surface area contributed by atoms with Gasteiger partial charge in [0.15, 0.2) is 11.5 Å². The zero-order valence-corrected chi connectivity index (χ0v) is 24.1. The number of fused-ring (bicyclic) bond motifs is 1. The summed E-state index contributed by atoms with van der Waals surface area (Å²) in [6, 6.07) is 16.6. The lowest BCUT2D eigenvalue weighted by molar-refractivity contribution is -0.114. The zero-order chi connectivity index (χ0) is 29.0. The van der Waals surface area contributed by atoms with E-state index in [1.165, 1.54) is 53.9 Å². The van der Waals surface area contributed by atoms with Gasteiger partial charge < -0.3 is 19.5 Å². The predicted molar refractivity (Wildman–Crippen MR) is 153 cm³/mol. The molecular formula is C28H31N3O8S2. The first-order valence-corrected chi connectivity index (χ1v) is 16.0. The van der Waals surface area contributed by atoms with E-state index in [-0.39, 0.29) is 26.9 Å². The number of piperidine rings is 1. The van der Waals surface area contributed by atoms with E-state index in [1.54, 1.807) is 24.3 Å². The smallest absolute Gasteiger partial charge is 0.264 e. The Morgan fingerprint density at radius 2 is 1.59 bits per heavy atom. The van der Waals surface area contributed by atoms with Crippen LogP contribution in [0, 0.1) is 0 Å². The lowest BCUT2D eigenvalue weighted by Gasteiger charge is -2.27. The van der Waals surface area contributed by atoms with Crippen molar-refractivity contribution in [3.05, 3.63) is 66.7 Å². The number of amides is 1. The Hall–Kier alpha value is -3.81. The summed E-state index contributed by atoms with van der Waals surface area (Å²) in [6.07, 6.45) is 2.54. The van der Waals surface area contributed by atoms with Gasteiger partial charge in [-0.05, 0) is 55.3 Å². The molecule has 2 heterocycles. The van der Waals surface area contributed by atoms with Gasteiger partial charge in [0.25, 0.3) is 10.0 Å². The van der Waals surface area contributed by atoms with Crippen LogP contribution in [0.1, 0.15) is 19.3 Å². The molecule has 0 bridgehead atoms. The maximum absolute atomic E-state index is 13.7. The van der Waals surface area contributed by atoms with Crippen LogP contribution >= 0.6 is 0 Å². The molecule has 1 amide bonds. The average Bonchev–Trinajstić information content (AvgIpc) is 3.00. The molecule has 5 rings (SSSR count). The van der Waals surface area contributed by atoms with Gasteiger partial charge in [-0.1, -0.05) is 24.6 Å². The fourth-order valence-corrected chi connectivity index (χ4v) is 7.72. The van der Waals surface area contributed by atoms with Crippen molar-refractivity contribution < 1.29 is 35.8 Å². The summed E-state index contributed by atoms with van der Waals surface area (Å²) in [6.45, 7) is 0.924. The van der Waals surface area contributed by atoms with Gasteiger partial charge in [-0.3, -0.25) is 9.10 Å². The van der Waals surface area contributed by atoms with E-state index in [0.29, 0.717) is 37.8 Å². The maximum atomic E-state index is 13.7. The van der Waals surface area contributed by atoms with Crippen LogP contribution in [0.2, 0.25) is 0 Å². The number of sulfonamides is 2.